The van der Waals surface area contributed by atoms with Crippen LogP contribution in [0.5, 0.6) is 5.75 Å². The predicted octanol–water partition coefficient (Wildman–Crippen LogP) is 3.14. The Morgan fingerprint density at radius 2 is 1.95 bits per heavy atom. The molecule has 4 heteroatoms. The van der Waals surface area contributed by atoms with E-state index in [0.717, 1.165) is 25.6 Å². The van der Waals surface area contributed by atoms with Crippen molar-refractivity contribution in [3.8, 4) is 5.75 Å². The number of carbonyl (C=O) groups excluding carboxylic acids is 1. The SMILES string of the molecule is C=CCSc1ccccc1C(=O)[Te]c1ccc(OC)cc1. The molecule has 0 radical (unpaired) electrons. The van der Waals surface area contributed by atoms with Gasteiger partial charge < -0.3 is 0 Å². The standard InChI is InChI=1S/C17H16O2STe/c1-3-12-20-16-7-5-4-6-15(16)17(18)21-14-10-8-13(19-2)9-11-14/h3-11H,1,12H2,2H3. The molecule has 0 atom stereocenters. The number of rotatable bonds is 7. The molecule has 0 heterocycles. The van der Waals surface area contributed by atoms with Gasteiger partial charge in [-0.25, -0.2) is 0 Å². The number of ether oxygens (including phenoxy) is 1. The molecule has 2 aromatic carbocycles. The van der Waals surface area contributed by atoms with E-state index >= 15 is 0 Å². The Kier molecular flexibility index (Phi) is 6.38. The summed E-state index contributed by atoms with van der Waals surface area (Å²) in [5.41, 5.74) is 0.836. The first kappa shape index (κ1) is 16.2. The third-order valence-electron chi connectivity index (χ3n) is 2.73. The van der Waals surface area contributed by atoms with E-state index in [9.17, 15) is 4.79 Å². The van der Waals surface area contributed by atoms with Gasteiger partial charge in [-0.15, -0.1) is 0 Å². The Balaban J connectivity index is 2.13. The summed E-state index contributed by atoms with van der Waals surface area (Å²) in [4.78, 5) is 13.6. The van der Waals surface area contributed by atoms with Crippen LogP contribution in [0.2, 0.25) is 0 Å². The summed E-state index contributed by atoms with van der Waals surface area (Å²) in [5, 5.41) is 0. The number of hydrogen-bond acceptors (Lipinski definition) is 3. The second-order valence-electron chi connectivity index (χ2n) is 4.16. The molecule has 0 N–H and O–H groups in total. The van der Waals surface area contributed by atoms with Crippen LogP contribution in [0.25, 0.3) is 0 Å². The van der Waals surface area contributed by atoms with Crippen molar-refractivity contribution in [1.29, 1.82) is 0 Å². The number of thioether (sulfide) groups is 1. The van der Waals surface area contributed by atoms with Crippen LogP contribution in [0.15, 0.2) is 66.1 Å². The third-order valence-corrected chi connectivity index (χ3v) is 6.41. The summed E-state index contributed by atoms with van der Waals surface area (Å²) >= 11 is 0.755. The fourth-order valence-corrected chi connectivity index (χ4v) is 4.92. The van der Waals surface area contributed by atoms with E-state index in [1.807, 2.05) is 54.6 Å². The van der Waals surface area contributed by atoms with Crippen LogP contribution in [-0.4, -0.2) is 37.6 Å². The first-order valence-corrected chi connectivity index (χ1v) is 9.75. The van der Waals surface area contributed by atoms with Crippen LogP contribution >= 0.6 is 11.8 Å². The van der Waals surface area contributed by atoms with Crippen molar-refractivity contribution in [1.82, 2.24) is 0 Å². The minimum absolute atomic E-state index is 0.262. The number of hydrogen-bond donors (Lipinski definition) is 0. The van der Waals surface area contributed by atoms with E-state index in [4.69, 9.17) is 4.74 Å². The molecule has 2 rings (SSSR count). The molecule has 0 unspecified atom stereocenters. The maximum absolute atomic E-state index is 12.5. The topological polar surface area (TPSA) is 26.3 Å². The molecule has 108 valence electrons. The molecular formula is C17H16O2STe. The second kappa shape index (κ2) is 8.29. The van der Waals surface area contributed by atoms with Gasteiger partial charge in [0.2, 0.25) is 0 Å². The third kappa shape index (κ3) is 4.64. The Morgan fingerprint density at radius 3 is 2.62 bits per heavy atom. The Bertz CT molecular complexity index is 623. The molecule has 0 fully saturated rings. The molecule has 0 spiro atoms. The zero-order chi connectivity index (χ0) is 15.1. The Hall–Kier alpha value is -1.21. The number of benzene rings is 2. The van der Waals surface area contributed by atoms with Gasteiger partial charge >= 0.3 is 140 Å². The molecule has 21 heavy (non-hydrogen) atoms. The predicted molar refractivity (Wildman–Crippen MR) is 90.1 cm³/mol. The van der Waals surface area contributed by atoms with Crippen LogP contribution in [0, 0.1) is 0 Å². The summed E-state index contributed by atoms with van der Waals surface area (Å²) < 4.78 is 6.52. The zero-order valence-corrected chi connectivity index (χ0v) is 14.9. The molecule has 0 amide bonds. The van der Waals surface area contributed by atoms with Gasteiger partial charge in [0.1, 0.15) is 0 Å². The fourth-order valence-electron chi connectivity index (χ4n) is 1.72. The van der Waals surface area contributed by atoms with Crippen molar-refractivity contribution < 1.29 is 9.53 Å². The van der Waals surface area contributed by atoms with Crippen LogP contribution < -0.4 is 8.35 Å². The summed E-state index contributed by atoms with van der Waals surface area (Å²) in [5.74, 6) is 1.63. The van der Waals surface area contributed by atoms with Gasteiger partial charge in [0.25, 0.3) is 0 Å². The molecule has 0 aliphatic carbocycles. The van der Waals surface area contributed by atoms with Gasteiger partial charge in [-0.05, 0) is 0 Å². The van der Waals surface area contributed by atoms with Crippen LogP contribution in [0.3, 0.4) is 0 Å². The van der Waals surface area contributed by atoms with Crippen molar-refractivity contribution in [3.63, 3.8) is 0 Å². The second-order valence-corrected chi connectivity index (χ2v) is 8.21. The average Bonchev–Trinajstić information content (AvgIpc) is 2.54. The first-order valence-electron chi connectivity index (χ1n) is 6.43. The molecule has 0 bridgehead atoms. The van der Waals surface area contributed by atoms with Gasteiger partial charge in [0.15, 0.2) is 0 Å². The van der Waals surface area contributed by atoms with E-state index < -0.39 is 20.9 Å². The summed E-state index contributed by atoms with van der Waals surface area (Å²) in [6, 6.07) is 15.6. The molecular weight excluding hydrogens is 396 g/mol. The van der Waals surface area contributed by atoms with Crippen LogP contribution in [0.4, 0.5) is 0 Å². The summed E-state index contributed by atoms with van der Waals surface area (Å²) in [6.45, 7) is 3.72. The van der Waals surface area contributed by atoms with Crippen molar-refractivity contribution in [2.45, 2.75) is 4.90 Å². The van der Waals surface area contributed by atoms with Gasteiger partial charge in [0.05, 0.1) is 0 Å². The monoisotopic (exact) mass is 414 g/mol. The quantitative estimate of drug-likeness (QED) is 0.398. The molecule has 0 saturated heterocycles. The van der Waals surface area contributed by atoms with Gasteiger partial charge in [0, 0.05) is 0 Å². The van der Waals surface area contributed by atoms with Gasteiger partial charge in [-0.3, -0.25) is 0 Å². The first-order chi connectivity index (χ1) is 10.2. The molecule has 0 aromatic heterocycles. The van der Waals surface area contributed by atoms with E-state index in [-0.39, 0.29) is 3.83 Å². The van der Waals surface area contributed by atoms with Crippen LogP contribution in [-0.2, 0) is 0 Å². The average molecular weight is 412 g/mol. The zero-order valence-electron chi connectivity index (χ0n) is 11.7. The van der Waals surface area contributed by atoms with Crippen LogP contribution in [0.1, 0.15) is 10.4 Å². The Labute approximate surface area is 139 Å². The minimum atomic E-state index is -0.899. The van der Waals surface area contributed by atoms with E-state index in [0.29, 0.717) is 0 Å². The maximum atomic E-state index is 12.5. The molecule has 0 saturated carbocycles. The number of carbonyl (C=O) groups is 1. The van der Waals surface area contributed by atoms with Gasteiger partial charge in [-0.1, -0.05) is 0 Å². The normalized spacial score (nSPS) is 10.1. The molecule has 0 aliphatic heterocycles. The van der Waals surface area contributed by atoms with Gasteiger partial charge in [-0.2, -0.15) is 0 Å². The van der Waals surface area contributed by atoms with Crippen molar-refractivity contribution in [2.24, 2.45) is 0 Å². The molecule has 2 nitrogen and oxygen atoms in total. The fraction of sp³-hybridized carbons (Fsp3) is 0.118. The molecule has 0 aliphatic rings. The Morgan fingerprint density at radius 1 is 1.24 bits per heavy atom. The van der Waals surface area contributed by atoms with Crippen molar-refractivity contribution in [3.05, 3.63) is 66.7 Å². The van der Waals surface area contributed by atoms with E-state index in [1.54, 1.807) is 18.9 Å². The van der Waals surface area contributed by atoms with E-state index in [1.165, 1.54) is 0 Å². The van der Waals surface area contributed by atoms with Crippen molar-refractivity contribution in [2.75, 3.05) is 12.9 Å². The summed E-state index contributed by atoms with van der Waals surface area (Å²) in [7, 11) is 1.64. The summed E-state index contributed by atoms with van der Waals surface area (Å²) in [6.07, 6.45) is 1.85. The van der Waals surface area contributed by atoms with Crippen molar-refractivity contribution >= 4 is 40.1 Å². The molecule has 2 aromatic rings. The van der Waals surface area contributed by atoms with E-state index in [2.05, 4.69) is 6.58 Å². The number of methoxy groups -OCH3 is 1.